The van der Waals surface area contributed by atoms with Crippen molar-refractivity contribution in [3.05, 3.63) is 42.2 Å². The number of esters is 1. The van der Waals surface area contributed by atoms with Crippen LogP contribution in [0.3, 0.4) is 0 Å². The van der Waals surface area contributed by atoms with Gasteiger partial charge in [-0.25, -0.2) is 13.3 Å². The highest BCUT2D eigenvalue weighted by molar-refractivity contribution is 7.95. The zero-order valence-corrected chi connectivity index (χ0v) is 25.5. The number of para-hydroxylation sites is 1. The van der Waals surface area contributed by atoms with Gasteiger partial charge in [0.1, 0.15) is 5.76 Å². The highest BCUT2D eigenvalue weighted by Crippen LogP contribution is 2.62. The Kier molecular flexibility index (Phi) is 6.69. The molecule has 0 aromatic heterocycles. The van der Waals surface area contributed by atoms with E-state index < -0.39 is 69.3 Å². The van der Waals surface area contributed by atoms with E-state index in [0.717, 1.165) is 4.90 Å². The summed E-state index contributed by atoms with van der Waals surface area (Å²) in [7, 11) is -6.72. The summed E-state index contributed by atoms with van der Waals surface area (Å²) in [5, 5.41) is -0.173. The van der Waals surface area contributed by atoms with E-state index in [2.05, 4.69) is 33.9 Å². The third kappa shape index (κ3) is 3.93. The van der Waals surface area contributed by atoms with Gasteiger partial charge in [-0.15, -0.1) is 0 Å². The minimum absolute atomic E-state index is 0.173. The first-order chi connectivity index (χ1) is 17.3. The molecule has 1 heterocycles. The van der Waals surface area contributed by atoms with Crippen LogP contribution in [0.15, 0.2) is 42.2 Å². The number of hydrogen-bond donors (Lipinski definition) is 0. The van der Waals surface area contributed by atoms with Gasteiger partial charge in [-0.05, 0) is 63.5 Å². The number of amides is 2. The van der Waals surface area contributed by atoms with Crippen molar-refractivity contribution >= 4 is 41.6 Å². The fraction of sp³-hybridized carbons (Fsp3) is 0.607. The van der Waals surface area contributed by atoms with Crippen molar-refractivity contribution in [3.8, 4) is 0 Å². The molecule has 208 valence electrons. The molecule has 1 saturated heterocycles. The highest BCUT2D eigenvalue weighted by Gasteiger charge is 2.78. The molecule has 1 aromatic carbocycles. The third-order valence-corrected chi connectivity index (χ3v) is 16.5. The first-order valence-electron chi connectivity index (χ1n) is 13.0. The van der Waals surface area contributed by atoms with Crippen LogP contribution >= 0.6 is 0 Å². The van der Waals surface area contributed by atoms with Crippen molar-refractivity contribution in [2.45, 2.75) is 88.6 Å². The summed E-state index contributed by atoms with van der Waals surface area (Å²) in [4.78, 5) is 41.7. The van der Waals surface area contributed by atoms with E-state index in [1.54, 1.807) is 57.2 Å². The highest BCUT2D eigenvalue weighted by atomic mass is 32.2. The standard InChI is InChI=1S/C28H39NO7SSi/c1-17(30)35-21-16-20-22(36-38(8,9)27(5,6)7)15-19(21)23-24(31)29(18-13-11-10-12-14-18)25(32)28(20,23)37(33,34)26(2,3)4/h10-14,16,19-20,22-23H,15H2,1-9H3/t19-,20-,22-,23-,28+/m1/s1. The lowest BCUT2D eigenvalue weighted by molar-refractivity contribution is -0.142. The average Bonchev–Trinajstić information content (AvgIpc) is 3.02. The number of hydrogen-bond acceptors (Lipinski definition) is 7. The fourth-order valence-electron chi connectivity index (χ4n) is 5.91. The quantitative estimate of drug-likeness (QED) is 0.293. The predicted octanol–water partition coefficient (Wildman–Crippen LogP) is 4.62. The lowest BCUT2D eigenvalue weighted by atomic mass is 9.60. The lowest BCUT2D eigenvalue weighted by Gasteiger charge is -2.55. The maximum atomic E-state index is 14.6. The minimum Gasteiger partial charge on any atom is -0.431 e. The second-order valence-corrected chi connectivity index (χ2v) is 20.8. The van der Waals surface area contributed by atoms with Gasteiger partial charge >= 0.3 is 5.97 Å². The van der Waals surface area contributed by atoms with E-state index in [1.165, 1.54) is 6.92 Å². The Morgan fingerprint density at radius 2 is 1.63 bits per heavy atom. The summed E-state index contributed by atoms with van der Waals surface area (Å²) in [6.07, 6.45) is 1.23. The summed E-state index contributed by atoms with van der Waals surface area (Å²) in [6, 6.07) is 8.40. The molecule has 10 heteroatoms. The van der Waals surface area contributed by atoms with E-state index in [0.29, 0.717) is 5.69 Å². The van der Waals surface area contributed by atoms with Gasteiger partial charge in [-0.3, -0.25) is 14.4 Å². The van der Waals surface area contributed by atoms with Gasteiger partial charge in [0.05, 0.1) is 22.5 Å². The van der Waals surface area contributed by atoms with Gasteiger partial charge in [0.25, 0.3) is 5.91 Å². The first kappa shape index (κ1) is 28.7. The normalized spacial score (nSPS) is 29.8. The Hall–Kier alpha value is -2.30. The number of sulfone groups is 1. The Morgan fingerprint density at radius 3 is 2.13 bits per heavy atom. The average molecular weight is 562 g/mol. The second kappa shape index (κ2) is 8.86. The number of anilines is 1. The van der Waals surface area contributed by atoms with Crippen LogP contribution in [0.5, 0.6) is 0 Å². The van der Waals surface area contributed by atoms with E-state index in [9.17, 15) is 22.8 Å². The molecule has 1 saturated carbocycles. The summed E-state index contributed by atoms with van der Waals surface area (Å²) >= 11 is 0. The first-order valence-corrected chi connectivity index (χ1v) is 17.4. The van der Waals surface area contributed by atoms with Gasteiger partial charge < -0.3 is 9.16 Å². The monoisotopic (exact) mass is 561 g/mol. The number of imide groups is 1. The number of rotatable bonds is 5. The van der Waals surface area contributed by atoms with Gasteiger partial charge in [0, 0.05) is 18.8 Å². The van der Waals surface area contributed by atoms with Gasteiger partial charge in [0.2, 0.25) is 5.91 Å². The zero-order valence-electron chi connectivity index (χ0n) is 23.7. The molecule has 0 N–H and O–H groups in total. The second-order valence-electron chi connectivity index (χ2n) is 13.1. The predicted molar refractivity (Wildman–Crippen MR) is 147 cm³/mol. The number of benzene rings is 1. The number of nitrogens with zero attached hydrogens (tertiary/aromatic N) is 1. The molecule has 3 aliphatic carbocycles. The summed E-state index contributed by atoms with van der Waals surface area (Å²) in [6.45, 7) is 16.4. The smallest absolute Gasteiger partial charge is 0.307 e. The van der Waals surface area contributed by atoms with Crippen LogP contribution in [0.2, 0.25) is 18.1 Å². The number of ether oxygens (including phenoxy) is 1. The van der Waals surface area contributed by atoms with Gasteiger partial charge in [-0.2, -0.15) is 0 Å². The van der Waals surface area contributed by atoms with Crippen LogP contribution in [-0.4, -0.2) is 50.1 Å². The molecule has 1 aliphatic heterocycles. The van der Waals surface area contributed by atoms with Crippen molar-refractivity contribution in [1.82, 2.24) is 0 Å². The number of carbonyl (C=O) groups excluding carboxylic acids is 3. The Balaban J connectivity index is 2.01. The summed E-state index contributed by atoms with van der Waals surface area (Å²) in [5.41, 5.74) is 0.315. The number of allylic oxidation sites excluding steroid dienone is 1. The van der Waals surface area contributed by atoms with Crippen molar-refractivity contribution in [2.75, 3.05) is 4.90 Å². The number of fused-ring (bicyclic) bond motifs is 1. The van der Waals surface area contributed by atoms with Crippen LogP contribution < -0.4 is 4.90 Å². The molecular formula is C28H39NO7SSi. The largest absolute Gasteiger partial charge is 0.431 e. The molecule has 38 heavy (non-hydrogen) atoms. The van der Waals surface area contributed by atoms with E-state index >= 15 is 0 Å². The van der Waals surface area contributed by atoms with Crippen molar-refractivity contribution in [2.24, 2.45) is 17.8 Å². The SMILES string of the molecule is CC(=O)OC1=C[C@@H]2[C@H](O[Si](C)(C)C(C)(C)C)C[C@H]1[C@@H]1C(=O)N(c3ccccc3)C(=O)[C@]21S(=O)(=O)C(C)(C)C. The Labute approximate surface area is 226 Å². The maximum absolute atomic E-state index is 14.6. The molecule has 2 bridgehead atoms. The molecule has 2 amide bonds. The Morgan fingerprint density at radius 1 is 1.05 bits per heavy atom. The van der Waals surface area contributed by atoms with Crippen LogP contribution in [-0.2, 0) is 33.4 Å². The summed E-state index contributed by atoms with van der Waals surface area (Å²) < 4.78 is 38.1. The molecule has 4 aliphatic rings. The molecule has 5 rings (SSSR count). The molecular weight excluding hydrogens is 522 g/mol. The van der Waals surface area contributed by atoms with Gasteiger partial charge in [-0.1, -0.05) is 39.0 Å². The van der Waals surface area contributed by atoms with Crippen molar-refractivity contribution in [3.63, 3.8) is 0 Å². The molecule has 0 spiro atoms. The molecule has 0 unspecified atom stereocenters. The van der Waals surface area contributed by atoms with E-state index in [4.69, 9.17) is 9.16 Å². The molecule has 1 aromatic rings. The zero-order chi connectivity index (χ0) is 28.6. The van der Waals surface area contributed by atoms with Crippen LogP contribution in [0.1, 0.15) is 54.9 Å². The number of carbonyl (C=O) groups is 3. The van der Waals surface area contributed by atoms with E-state index in [1.807, 2.05) is 0 Å². The van der Waals surface area contributed by atoms with Crippen LogP contribution in [0.4, 0.5) is 5.69 Å². The lowest BCUT2D eigenvalue weighted by Crippen LogP contribution is -2.69. The topological polar surface area (TPSA) is 107 Å². The van der Waals surface area contributed by atoms with E-state index in [-0.39, 0.29) is 17.2 Å². The van der Waals surface area contributed by atoms with Crippen molar-refractivity contribution in [1.29, 1.82) is 0 Å². The Bertz CT molecular complexity index is 1310. The molecule has 5 atom stereocenters. The third-order valence-electron chi connectivity index (χ3n) is 8.76. The summed E-state index contributed by atoms with van der Waals surface area (Å²) in [5.74, 6) is -4.71. The van der Waals surface area contributed by atoms with Crippen LogP contribution in [0, 0.1) is 17.8 Å². The van der Waals surface area contributed by atoms with Crippen molar-refractivity contribution < 1.29 is 32.0 Å². The molecule has 0 radical (unpaired) electrons. The van der Waals surface area contributed by atoms with Crippen LogP contribution in [0.25, 0.3) is 0 Å². The molecule has 2 fully saturated rings. The van der Waals surface area contributed by atoms with Gasteiger partial charge in [0.15, 0.2) is 22.9 Å². The minimum atomic E-state index is -4.29. The fourth-order valence-corrected chi connectivity index (χ4v) is 9.78. The molecule has 8 nitrogen and oxygen atoms in total. The maximum Gasteiger partial charge on any atom is 0.307 e.